The molecule has 0 saturated carbocycles. The van der Waals surface area contributed by atoms with Crippen LogP contribution in [0.5, 0.6) is 0 Å². The standard InChI is InChI=1S/C19H30F2N2SSi/c1-14(2)25(15(3)4,16(5)6)12-7-18-22-17(13-24-18)23-10-8-19(20,21)9-11-23/h13-16H,8-11H2,1-6H3. The first-order chi connectivity index (χ1) is 11.6. The van der Waals surface area contributed by atoms with E-state index in [4.69, 9.17) is 0 Å². The zero-order valence-electron chi connectivity index (χ0n) is 16.2. The number of piperidine rings is 1. The Labute approximate surface area is 156 Å². The lowest BCUT2D eigenvalue weighted by atomic mass is 10.1. The predicted octanol–water partition coefficient (Wildman–Crippen LogP) is 5.95. The molecule has 1 aliphatic rings. The highest BCUT2D eigenvalue weighted by molar-refractivity contribution is 7.10. The molecule has 0 amide bonds. The van der Waals surface area contributed by atoms with Gasteiger partial charge in [0.05, 0.1) is 0 Å². The molecule has 0 aromatic carbocycles. The van der Waals surface area contributed by atoms with Crippen molar-refractivity contribution in [2.45, 2.75) is 76.9 Å². The fourth-order valence-corrected chi connectivity index (χ4v) is 10.1. The van der Waals surface area contributed by atoms with Crippen molar-refractivity contribution >= 4 is 25.2 Å². The molecule has 0 radical (unpaired) electrons. The highest BCUT2D eigenvalue weighted by atomic mass is 32.1. The van der Waals surface area contributed by atoms with Crippen LogP contribution in [-0.4, -0.2) is 32.1 Å². The molecule has 0 bridgehead atoms. The molecule has 1 aromatic heterocycles. The number of alkyl halides is 2. The number of halogens is 2. The fourth-order valence-electron chi connectivity index (χ4n) is 4.13. The lowest BCUT2D eigenvalue weighted by Gasteiger charge is -2.37. The molecule has 6 heteroatoms. The number of hydrogen-bond donors (Lipinski definition) is 0. The third-order valence-corrected chi connectivity index (χ3v) is 12.6. The summed E-state index contributed by atoms with van der Waals surface area (Å²) < 4.78 is 26.6. The molecule has 0 spiro atoms. The normalized spacial score (nSPS) is 18.0. The Balaban J connectivity index is 2.20. The van der Waals surface area contributed by atoms with Gasteiger partial charge in [-0.05, 0) is 22.5 Å². The van der Waals surface area contributed by atoms with E-state index < -0.39 is 14.0 Å². The minimum Gasteiger partial charge on any atom is -0.355 e. The Kier molecular flexibility index (Phi) is 6.32. The number of aromatic nitrogens is 1. The third-order valence-electron chi connectivity index (χ3n) is 5.56. The molecule has 1 fully saturated rings. The van der Waals surface area contributed by atoms with E-state index >= 15 is 0 Å². The van der Waals surface area contributed by atoms with Crippen molar-refractivity contribution in [2.75, 3.05) is 18.0 Å². The zero-order valence-corrected chi connectivity index (χ0v) is 18.0. The molecule has 0 unspecified atom stereocenters. The van der Waals surface area contributed by atoms with Crippen molar-refractivity contribution in [3.8, 4) is 11.5 Å². The summed E-state index contributed by atoms with van der Waals surface area (Å²) in [5, 5.41) is 2.77. The van der Waals surface area contributed by atoms with E-state index in [1.54, 1.807) is 0 Å². The van der Waals surface area contributed by atoms with Crippen molar-refractivity contribution in [3.63, 3.8) is 0 Å². The molecular formula is C19H30F2N2SSi. The Bertz CT molecular complexity index is 612. The minimum atomic E-state index is -2.52. The molecule has 2 nitrogen and oxygen atoms in total. The van der Waals surface area contributed by atoms with Gasteiger partial charge in [0.25, 0.3) is 5.92 Å². The Morgan fingerprint density at radius 1 is 1.08 bits per heavy atom. The molecule has 0 atom stereocenters. The zero-order chi connectivity index (χ0) is 18.8. The van der Waals surface area contributed by atoms with Gasteiger partial charge in [-0.2, -0.15) is 0 Å². The van der Waals surface area contributed by atoms with E-state index in [9.17, 15) is 8.78 Å². The topological polar surface area (TPSA) is 16.1 Å². The van der Waals surface area contributed by atoms with Crippen molar-refractivity contribution in [2.24, 2.45) is 0 Å². The molecule has 1 aliphatic heterocycles. The van der Waals surface area contributed by atoms with Crippen LogP contribution in [0.1, 0.15) is 59.4 Å². The summed E-state index contributed by atoms with van der Waals surface area (Å²) in [6.07, 6.45) is -0.175. The first kappa shape index (κ1) is 20.4. The molecular weight excluding hydrogens is 354 g/mol. The summed E-state index contributed by atoms with van der Waals surface area (Å²) >= 11 is 1.53. The summed E-state index contributed by atoms with van der Waals surface area (Å²) in [5.41, 5.74) is 5.44. The van der Waals surface area contributed by atoms with Gasteiger partial charge in [0.15, 0.2) is 5.01 Å². The molecule has 1 aromatic rings. The molecule has 1 saturated heterocycles. The van der Waals surface area contributed by atoms with Crippen LogP contribution in [-0.2, 0) is 0 Å². The van der Waals surface area contributed by atoms with E-state index in [1.165, 1.54) is 11.3 Å². The van der Waals surface area contributed by atoms with Gasteiger partial charge in [0.2, 0.25) is 0 Å². The van der Waals surface area contributed by atoms with Crippen LogP contribution in [0, 0.1) is 11.5 Å². The largest absolute Gasteiger partial charge is 0.355 e. The SMILES string of the molecule is CC(C)[Si](C#Cc1nc(N2CCC(F)(F)CC2)cs1)(C(C)C)C(C)C. The Morgan fingerprint density at radius 2 is 1.60 bits per heavy atom. The van der Waals surface area contributed by atoms with Crippen molar-refractivity contribution < 1.29 is 8.78 Å². The second-order valence-corrected chi connectivity index (χ2v) is 14.4. The van der Waals surface area contributed by atoms with Gasteiger partial charge in [-0.25, -0.2) is 13.8 Å². The van der Waals surface area contributed by atoms with E-state index in [0.29, 0.717) is 29.7 Å². The average molecular weight is 385 g/mol. The second-order valence-electron chi connectivity index (χ2n) is 8.00. The first-order valence-electron chi connectivity index (χ1n) is 9.20. The Hall–Kier alpha value is -0.933. The van der Waals surface area contributed by atoms with Crippen LogP contribution >= 0.6 is 11.3 Å². The van der Waals surface area contributed by atoms with E-state index in [-0.39, 0.29) is 12.8 Å². The molecule has 2 heterocycles. The molecule has 2 rings (SSSR count). The van der Waals surface area contributed by atoms with Gasteiger partial charge in [0.1, 0.15) is 13.9 Å². The summed E-state index contributed by atoms with van der Waals surface area (Å²) in [4.78, 5) is 6.57. The lowest BCUT2D eigenvalue weighted by Crippen LogP contribution is -2.43. The van der Waals surface area contributed by atoms with Crippen LogP contribution < -0.4 is 4.90 Å². The highest BCUT2D eigenvalue weighted by Crippen LogP contribution is 2.41. The quantitative estimate of drug-likeness (QED) is 0.471. The summed E-state index contributed by atoms with van der Waals surface area (Å²) in [6, 6.07) is 0. The molecule has 25 heavy (non-hydrogen) atoms. The van der Waals surface area contributed by atoms with Gasteiger partial charge in [0, 0.05) is 31.3 Å². The van der Waals surface area contributed by atoms with Gasteiger partial charge in [-0.15, -0.1) is 16.9 Å². The van der Waals surface area contributed by atoms with Crippen LogP contribution in [0.25, 0.3) is 0 Å². The number of thiazole rings is 1. The van der Waals surface area contributed by atoms with Crippen LogP contribution in [0.3, 0.4) is 0 Å². The second kappa shape index (κ2) is 7.75. The number of nitrogens with zero attached hydrogens (tertiary/aromatic N) is 2. The predicted molar refractivity (Wildman–Crippen MR) is 106 cm³/mol. The Morgan fingerprint density at radius 3 is 2.08 bits per heavy atom. The van der Waals surface area contributed by atoms with Gasteiger partial charge in [-0.3, -0.25) is 0 Å². The summed E-state index contributed by atoms with van der Waals surface area (Å²) in [5.74, 6) is 1.63. The van der Waals surface area contributed by atoms with Gasteiger partial charge >= 0.3 is 0 Å². The maximum absolute atomic E-state index is 13.3. The molecule has 0 aliphatic carbocycles. The van der Waals surface area contributed by atoms with Crippen molar-refractivity contribution in [3.05, 3.63) is 10.4 Å². The fraction of sp³-hybridized carbons (Fsp3) is 0.737. The minimum absolute atomic E-state index is 0.0877. The summed E-state index contributed by atoms with van der Waals surface area (Å²) in [6.45, 7) is 14.5. The monoisotopic (exact) mass is 384 g/mol. The van der Waals surface area contributed by atoms with Crippen LogP contribution in [0.2, 0.25) is 16.6 Å². The van der Waals surface area contributed by atoms with E-state index in [1.807, 2.05) is 10.3 Å². The van der Waals surface area contributed by atoms with E-state index in [2.05, 4.69) is 58.0 Å². The smallest absolute Gasteiger partial charge is 0.251 e. The van der Waals surface area contributed by atoms with Crippen molar-refractivity contribution in [1.29, 1.82) is 0 Å². The molecule has 0 N–H and O–H groups in total. The number of hydrogen-bond acceptors (Lipinski definition) is 3. The molecule has 140 valence electrons. The maximum Gasteiger partial charge on any atom is 0.251 e. The van der Waals surface area contributed by atoms with Crippen LogP contribution in [0.4, 0.5) is 14.6 Å². The van der Waals surface area contributed by atoms with Crippen LogP contribution in [0.15, 0.2) is 5.38 Å². The van der Waals surface area contributed by atoms with Gasteiger partial charge < -0.3 is 4.90 Å². The van der Waals surface area contributed by atoms with E-state index in [0.717, 1.165) is 10.8 Å². The lowest BCUT2D eigenvalue weighted by molar-refractivity contribution is -0.0221. The number of rotatable bonds is 4. The first-order valence-corrected chi connectivity index (χ1v) is 12.3. The number of anilines is 1. The summed E-state index contributed by atoms with van der Waals surface area (Å²) in [7, 11) is -1.77. The average Bonchev–Trinajstić information content (AvgIpc) is 2.95. The maximum atomic E-state index is 13.3. The highest BCUT2D eigenvalue weighted by Gasteiger charge is 2.41. The van der Waals surface area contributed by atoms with Crippen molar-refractivity contribution in [1.82, 2.24) is 4.98 Å². The van der Waals surface area contributed by atoms with Gasteiger partial charge in [-0.1, -0.05) is 41.5 Å². The third kappa shape index (κ3) is 4.43.